The smallest absolute Gasteiger partial charge is 0.317 e. The van der Waals surface area contributed by atoms with E-state index in [0.717, 1.165) is 12.8 Å². The van der Waals surface area contributed by atoms with Crippen LogP contribution in [0, 0.1) is 0 Å². The fourth-order valence-electron chi connectivity index (χ4n) is 3.25. The topological polar surface area (TPSA) is 52.7 Å². The largest absolute Gasteiger partial charge is 0.338 e. The van der Waals surface area contributed by atoms with Crippen molar-refractivity contribution in [2.45, 2.75) is 63.5 Å². The van der Waals surface area contributed by atoms with Gasteiger partial charge < -0.3 is 15.1 Å². The van der Waals surface area contributed by atoms with E-state index in [0.29, 0.717) is 19.6 Å². The zero-order valence-electron chi connectivity index (χ0n) is 18.1. The lowest BCUT2D eigenvalue weighted by molar-refractivity contribution is -0.129. The number of amides is 3. The maximum absolute atomic E-state index is 12.7. The molecule has 0 spiro atoms. The average Bonchev–Trinajstić information content (AvgIpc) is 2.93. The second kappa shape index (κ2) is 9.68. The van der Waals surface area contributed by atoms with Gasteiger partial charge in [0.25, 0.3) is 0 Å². The number of thioether (sulfide) groups is 1. The number of nitrogens with one attached hydrogen (secondary N) is 1. The van der Waals surface area contributed by atoms with Gasteiger partial charge in [0.2, 0.25) is 5.91 Å². The predicted molar refractivity (Wildman–Crippen MR) is 118 cm³/mol. The number of benzene rings is 1. The summed E-state index contributed by atoms with van der Waals surface area (Å²) in [7, 11) is 1.80. The fraction of sp³-hybridized carbons (Fsp3) is 0.636. The summed E-state index contributed by atoms with van der Waals surface area (Å²) in [4.78, 5) is 28.3. The minimum absolute atomic E-state index is 0.0297. The van der Waals surface area contributed by atoms with Gasteiger partial charge in [-0.2, -0.15) is 0 Å². The number of nitrogens with zero attached hydrogens (tertiary/aromatic N) is 2. The minimum Gasteiger partial charge on any atom is -0.338 e. The van der Waals surface area contributed by atoms with E-state index in [-0.39, 0.29) is 28.0 Å². The summed E-state index contributed by atoms with van der Waals surface area (Å²) in [5.74, 6) is 0.188. The number of urea groups is 1. The molecule has 1 aliphatic heterocycles. The van der Waals surface area contributed by atoms with E-state index < -0.39 is 0 Å². The fourth-order valence-corrected chi connectivity index (χ4v) is 4.56. The third-order valence-corrected chi connectivity index (χ3v) is 6.47. The Labute approximate surface area is 174 Å². The van der Waals surface area contributed by atoms with E-state index in [2.05, 4.69) is 50.4 Å². The quantitative estimate of drug-likeness (QED) is 0.732. The Bertz CT molecular complexity index is 669. The van der Waals surface area contributed by atoms with E-state index in [1.54, 1.807) is 23.7 Å². The Hall–Kier alpha value is -1.69. The van der Waals surface area contributed by atoms with Crippen molar-refractivity contribution in [1.82, 2.24) is 15.1 Å². The molecule has 156 valence electrons. The van der Waals surface area contributed by atoms with Crippen LogP contribution in [0.25, 0.3) is 0 Å². The van der Waals surface area contributed by atoms with Crippen LogP contribution in [0.2, 0.25) is 0 Å². The highest BCUT2D eigenvalue weighted by molar-refractivity contribution is 8.01. The van der Waals surface area contributed by atoms with Crippen LogP contribution in [-0.2, 0) is 10.2 Å². The lowest BCUT2D eigenvalue weighted by Crippen LogP contribution is -2.39. The molecule has 6 heteroatoms. The molecule has 1 aromatic carbocycles. The first-order valence-corrected chi connectivity index (χ1v) is 11.1. The summed E-state index contributed by atoms with van der Waals surface area (Å²) in [6.07, 6.45) is 1.69. The van der Waals surface area contributed by atoms with E-state index >= 15 is 0 Å². The maximum Gasteiger partial charge on any atom is 0.317 e. The Morgan fingerprint density at radius 3 is 2.46 bits per heavy atom. The molecule has 28 heavy (non-hydrogen) atoms. The van der Waals surface area contributed by atoms with Gasteiger partial charge in [0.05, 0.1) is 5.25 Å². The molecule has 0 aliphatic carbocycles. The second-order valence-electron chi connectivity index (χ2n) is 8.54. The molecular weight excluding hydrogens is 370 g/mol. The van der Waals surface area contributed by atoms with Crippen molar-refractivity contribution in [3.8, 4) is 0 Å². The SMILES string of the molecule is CCCNC(=O)N(C)CCCN1C(=O)[C@H](C)S[C@H]1c1ccc(C(C)(C)C)cc1. The summed E-state index contributed by atoms with van der Waals surface area (Å²) in [5, 5.41) is 2.90. The van der Waals surface area contributed by atoms with Crippen LogP contribution in [0.3, 0.4) is 0 Å². The number of hydrogen-bond donors (Lipinski definition) is 1. The highest BCUT2D eigenvalue weighted by Crippen LogP contribution is 2.43. The zero-order chi connectivity index (χ0) is 20.9. The average molecular weight is 406 g/mol. The highest BCUT2D eigenvalue weighted by atomic mass is 32.2. The molecule has 5 nitrogen and oxygen atoms in total. The standard InChI is InChI=1S/C22H35N3O2S/c1-7-13-23-21(27)24(6)14-8-15-25-19(26)16(2)28-20(25)17-9-11-18(12-10-17)22(3,4)5/h9-12,16,20H,7-8,13-15H2,1-6H3,(H,23,27)/t16-,20-/m0/s1. The summed E-state index contributed by atoms with van der Waals surface area (Å²) in [6.45, 7) is 12.6. The highest BCUT2D eigenvalue weighted by Gasteiger charge is 2.38. The molecule has 2 atom stereocenters. The molecule has 1 saturated heterocycles. The molecule has 3 amide bonds. The first-order chi connectivity index (χ1) is 13.1. The van der Waals surface area contributed by atoms with Crippen LogP contribution < -0.4 is 5.32 Å². The van der Waals surface area contributed by atoms with E-state index in [1.807, 2.05) is 18.7 Å². The van der Waals surface area contributed by atoms with Crippen molar-refractivity contribution in [2.75, 3.05) is 26.7 Å². The van der Waals surface area contributed by atoms with Crippen LogP contribution in [0.5, 0.6) is 0 Å². The Kier molecular flexibility index (Phi) is 7.81. The second-order valence-corrected chi connectivity index (χ2v) is 9.97. The molecule has 0 aromatic heterocycles. The van der Waals surface area contributed by atoms with Crippen molar-refractivity contribution >= 4 is 23.7 Å². The molecule has 1 aromatic rings. The molecule has 1 aliphatic rings. The summed E-state index contributed by atoms with van der Waals surface area (Å²) < 4.78 is 0. The summed E-state index contributed by atoms with van der Waals surface area (Å²) in [5.41, 5.74) is 2.59. The van der Waals surface area contributed by atoms with Gasteiger partial charge in [-0.1, -0.05) is 52.0 Å². The molecule has 2 rings (SSSR count). The van der Waals surface area contributed by atoms with Crippen molar-refractivity contribution < 1.29 is 9.59 Å². The normalized spacial score (nSPS) is 19.8. The van der Waals surface area contributed by atoms with Gasteiger partial charge in [0.1, 0.15) is 5.37 Å². The lowest BCUT2D eigenvalue weighted by atomic mass is 9.86. The number of hydrogen-bond acceptors (Lipinski definition) is 3. The molecule has 1 fully saturated rings. The number of rotatable bonds is 7. The third kappa shape index (κ3) is 5.66. The van der Waals surface area contributed by atoms with Crippen molar-refractivity contribution in [2.24, 2.45) is 0 Å². The number of carbonyl (C=O) groups is 2. The van der Waals surface area contributed by atoms with Gasteiger partial charge in [0.15, 0.2) is 0 Å². The molecular formula is C22H35N3O2S. The lowest BCUT2D eigenvalue weighted by Gasteiger charge is -2.26. The molecule has 0 radical (unpaired) electrons. The van der Waals surface area contributed by atoms with Crippen molar-refractivity contribution in [3.63, 3.8) is 0 Å². The van der Waals surface area contributed by atoms with Crippen LogP contribution in [-0.4, -0.2) is 53.7 Å². The summed E-state index contributed by atoms with van der Waals surface area (Å²) in [6, 6.07) is 8.61. The van der Waals surface area contributed by atoms with E-state index in [4.69, 9.17) is 0 Å². The first kappa shape index (κ1) is 22.6. The Morgan fingerprint density at radius 1 is 1.25 bits per heavy atom. The third-order valence-electron chi connectivity index (χ3n) is 5.07. The Balaban J connectivity index is 1.99. The molecule has 0 saturated carbocycles. The van der Waals surface area contributed by atoms with Crippen molar-refractivity contribution in [1.29, 1.82) is 0 Å². The number of carbonyl (C=O) groups excluding carboxylic acids is 2. The monoisotopic (exact) mass is 405 g/mol. The van der Waals surface area contributed by atoms with Crippen molar-refractivity contribution in [3.05, 3.63) is 35.4 Å². The van der Waals surface area contributed by atoms with Crippen LogP contribution >= 0.6 is 11.8 Å². The van der Waals surface area contributed by atoms with Gasteiger partial charge >= 0.3 is 6.03 Å². The first-order valence-electron chi connectivity index (χ1n) is 10.2. The summed E-state index contributed by atoms with van der Waals surface area (Å²) >= 11 is 1.71. The molecule has 0 unspecified atom stereocenters. The Morgan fingerprint density at radius 2 is 1.89 bits per heavy atom. The minimum atomic E-state index is -0.0494. The van der Waals surface area contributed by atoms with Gasteiger partial charge in [0, 0.05) is 26.7 Å². The molecule has 1 heterocycles. The maximum atomic E-state index is 12.7. The van der Waals surface area contributed by atoms with Crippen LogP contribution in [0.4, 0.5) is 4.79 Å². The molecule has 0 bridgehead atoms. The van der Waals surface area contributed by atoms with Gasteiger partial charge in [-0.05, 0) is 36.3 Å². The predicted octanol–water partition coefficient (Wildman–Crippen LogP) is 4.39. The van der Waals surface area contributed by atoms with E-state index in [1.165, 1.54) is 11.1 Å². The van der Waals surface area contributed by atoms with Gasteiger partial charge in [-0.15, -0.1) is 11.8 Å². The van der Waals surface area contributed by atoms with E-state index in [9.17, 15) is 9.59 Å². The zero-order valence-corrected chi connectivity index (χ0v) is 18.9. The van der Waals surface area contributed by atoms with Gasteiger partial charge in [-0.3, -0.25) is 4.79 Å². The molecule has 1 N–H and O–H groups in total. The van der Waals surface area contributed by atoms with Gasteiger partial charge in [-0.25, -0.2) is 4.79 Å². The van der Waals surface area contributed by atoms with Crippen LogP contribution in [0.15, 0.2) is 24.3 Å². The van der Waals surface area contributed by atoms with Crippen LogP contribution in [0.1, 0.15) is 64.0 Å².